The second-order valence-electron chi connectivity index (χ2n) is 4.57. The fourth-order valence-corrected chi connectivity index (χ4v) is 2.03. The summed E-state index contributed by atoms with van der Waals surface area (Å²) < 4.78 is 5.19. The van der Waals surface area contributed by atoms with Crippen LogP contribution in [0.3, 0.4) is 0 Å². The van der Waals surface area contributed by atoms with Crippen LogP contribution in [0.15, 0.2) is 42.6 Å². The largest absolute Gasteiger partial charge is 0.495 e. The molecule has 0 atom stereocenters. The van der Waals surface area contributed by atoms with Crippen molar-refractivity contribution in [2.24, 2.45) is 0 Å². The lowest BCUT2D eigenvalue weighted by atomic mass is 10.1. The van der Waals surface area contributed by atoms with Crippen molar-refractivity contribution in [3.63, 3.8) is 0 Å². The summed E-state index contributed by atoms with van der Waals surface area (Å²) in [5.41, 5.74) is 1.31. The monoisotopic (exact) mass is 333 g/mol. The van der Waals surface area contributed by atoms with Crippen LogP contribution in [-0.2, 0) is 11.3 Å². The Morgan fingerprint density at radius 2 is 2.04 bits per heavy atom. The zero-order valence-electron chi connectivity index (χ0n) is 12.5. The number of benzene rings is 1. The standard InChI is InChI=1S/C16H16ClN3O3/c1-23-13-7-4-6-12(15(13)20-14(21)9-17)16(22)19-10-11-5-2-3-8-18-11/h2-8H,9-10H2,1H3,(H,19,22)(H,20,21). The number of nitrogens with one attached hydrogen (secondary N) is 2. The number of pyridine rings is 1. The van der Waals surface area contributed by atoms with Gasteiger partial charge in [-0.25, -0.2) is 0 Å². The normalized spacial score (nSPS) is 10.0. The highest BCUT2D eigenvalue weighted by molar-refractivity contribution is 6.29. The number of methoxy groups -OCH3 is 1. The molecule has 0 radical (unpaired) electrons. The zero-order valence-corrected chi connectivity index (χ0v) is 13.3. The number of rotatable bonds is 6. The lowest BCUT2D eigenvalue weighted by molar-refractivity contribution is -0.113. The molecule has 1 heterocycles. The molecule has 2 rings (SSSR count). The minimum Gasteiger partial charge on any atom is -0.495 e. The Balaban J connectivity index is 2.20. The van der Waals surface area contributed by atoms with E-state index in [1.54, 1.807) is 30.5 Å². The fourth-order valence-electron chi connectivity index (χ4n) is 1.96. The van der Waals surface area contributed by atoms with E-state index in [4.69, 9.17) is 16.3 Å². The number of amides is 2. The van der Waals surface area contributed by atoms with E-state index >= 15 is 0 Å². The molecule has 0 fully saturated rings. The molecule has 0 spiro atoms. The van der Waals surface area contributed by atoms with Crippen LogP contribution >= 0.6 is 11.6 Å². The first-order chi connectivity index (χ1) is 11.2. The van der Waals surface area contributed by atoms with Gasteiger partial charge in [0, 0.05) is 6.20 Å². The molecular formula is C16H16ClN3O3. The Hall–Kier alpha value is -2.60. The number of para-hydroxylation sites is 1. The second kappa shape index (κ2) is 8.14. The van der Waals surface area contributed by atoms with Crippen molar-refractivity contribution in [2.45, 2.75) is 6.54 Å². The summed E-state index contributed by atoms with van der Waals surface area (Å²) in [6.45, 7) is 0.278. The smallest absolute Gasteiger partial charge is 0.253 e. The Morgan fingerprint density at radius 1 is 1.22 bits per heavy atom. The summed E-state index contributed by atoms with van der Waals surface area (Å²) in [6, 6.07) is 10.4. The number of carbonyl (C=O) groups is 2. The molecule has 0 saturated heterocycles. The maximum Gasteiger partial charge on any atom is 0.253 e. The van der Waals surface area contributed by atoms with E-state index in [9.17, 15) is 9.59 Å². The summed E-state index contributed by atoms with van der Waals surface area (Å²) in [7, 11) is 1.46. The number of alkyl halides is 1. The van der Waals surface area contributed by atoms with Crippen molar-refractivity contribution >= 4 is 29.1 Å². The van der Waals surface area contributed by atoms with Gasteiger partial charge < -0.3 is 15.4 Å². The number of nitrogens with zero attached hydrogens (tertiary/aromatic N) is 1. The van der Waals surface area contributed by atoms with E-state index in [1.807, 2.05) is 12.1 Å². The molecule has 0 unspecified atom stereocenters. The van der Waals surface area contributed by atoms with Crippen molar-refractivity contribution in [3.8, 4) is 5.75 Å². The average Bonchev–Trinajstić information content (AvgIpc) is 2.60. The molecule has 2 amide bonds. The van der Waals surface area contributed by atoms with Crippen molar-refractivity contribution in [3.05, 3.63) is 53.9 Å². The average molecular weight is 334 g/mol. The third-order valence-electron chi connectivity index (χ3n) is 3.03. The van der Waals surface area contributed by atoms with Gasteiger partial charge in [-0.1, -0.05) is 12.1 Å². The molecule has 0 saturated carbocycles. The Morgan fingerprint density at radius 3 is 2.70 bits per heavy atom. The summed E-state index contributed by atoms with van der Waals surface area (Å²) in [5, 5.41) is 5.34. The molecule has 0 aliphatic carbocycles. The number of aromatic nitrogens is 1. The van der Waals surface area contributed by atoms with E-state index in [-0.39, 0.29) is 18.3 Å². The molecule has 2 aromatic rings. The third-order valence-corrected chi connectivity index (χ3v) is 3.28. The molecule has 2 N–H and O–H groups in total. The fraction of sp³-hybridized carbons (Fsp3) is 0.188. The third kappa shape index (κ3) is 4.43. The van der Waals surface area contributed by atoms with Gasteiger partial charge in [0.15, 0.2) is 0 Å². The molecule has 7 heteroatoms. The highest BCUT2D eigenvalue weighted by Crippen LogP contribution is 2.28. The van der Waals surface area contributed by atoms with Crippen LogP contribution < -0.4 is 15.4 Å². The van der Waals surface area contributed by atoms with Gasteiger partial charge in [0.05, 0.1) is 30.6 Å². The molecule has 1 aromatic carbocycles. The lowest BCUT2D eigenvalue weighted by Crippen LogP contribution is -2.25. The Labute approximate surface area is 138 Å². The molecule has 1 aromatic heterocycles. The molecule has 6 nitrogen and oxygen atoms in total. The Kier molecular flexibility index (Phi) is 5.94. The summed E-state index contributed by atoms with van der Waals surface area (Å²) in [5.74, 6) is -0.601. The zero-order chi connectivity index (χ0) is 16.7. The lowest BCUT2D eigenvalue weighted by Gasteiger charge is -2.14. The van der Waals surface area contributed by atoms with Crippen LogP contribution in [0, 0.1) is 0 Å². The summed E-state index contributed by atoms with van der Waals surface area (Å²) in [4.78, 5) is 28.1. The molecule has 120 valence electrons. The van der Waals surface area contributed by atoms with Gasteiger partial charge in [-0.15, -0.1) is 11.6 Å². The van der Waals surface area contributed by atoms with Gasteiger partial charge in [0.2, 0.25) is 5.91 Å². The van der Waals surface area contributed by atoms with Crippen molar-refractivity contribution in [2.75, 3.05) is 18.3 Å². The maximum absolute atomic E-state index is 12.4. The number of anilines is 1. The predicted octanol–water partition coefficient (Wildman–Crippen LogP) is 2.20. The van der Waals surface area contributed by atoms with Crippen LogP contribution in [0.25, 0.3) is 0 Å². The highest BCUT2D eigenvalue weighted by Gasteiger charge is 2.17. The summed E-state index contributed by atoms with van der Waals surface area (Å²) >= 11 is 5.51. The number of ether oxygens (including phenoxy) is 1. The SMILES string of the molecule is COc1cccc(C(=O)NCc2ccccn2)c1NC(=O)CCl. The van der Waals surface area contributed by atoms with Gasteiger partial charge in [0.1, 0.15) is 11.6 Å². The van der Waals surface area contributed by atoms with E-state index in [2.05, 4.69) is 15.6 Å². The van der Waals surface area contributed by atoms with Gasteiger partial charge in [0.25, 0.3) is 5.91 Å². The minimum atomic E-state index is -0.421. The van der Waals surface area contributed by atoms with E-state index in [0.717, 1.165) is 5.69 Å². The minimum absolute atomic E-state index is 0.215. The number of carbonyl (C=O) groups excluding carboxylic acids is 2. The first-order valence-corrected chi connectivity index (χ1v) is 7.40. The number of hydrogen-bond acceptors (Lipinski definition) is 4. The van der Waals surface area contributed by atoms with E-state index in [0.29, 0.717) is 17.0 Å². The first-order valence-electron chi connectivity index (χ1n) is 6.86. The van der Waals surface area contributed by atoms with E-state index in [1.165, 1.54) is 7.11 Å². The van der Waals surface area contributed by atoms with Crippen molar-refractivity contribution < 1.29 is 14.3 Å². The predicted molar refractivity (Wildman–Crippen MR) is 87.8 cm³/mol. The molecular weight excluding hydrogens is 318 g/mol. The van der Waals surface area contributed by atoms with Gasteiger partial charge in [-0.2, -0.15) is 0 Å². The molecule has 0 aliphatic rings. The van der Waals surface area contributed by atoms with Gasteiger partial charge in [-0.05, 0) is 24.3 Å². The molecule has 23 heavy (non-hydrogen) atoms. The van der Waals surface area contributed by atoms with Gasteiger partial charge >= 0.3 is 0 Å². The van der Waals surface area contributed by atoms with Crippen LogP contribution in [0.5, 0.6) is 5.75 Å². The number of hydrogen-bond donors (Lipinski definition) is 2. The van der Waals surface area contributed by atoms with Crippen molar-refractivity contribution in [1.82, 2.24) is 10.3 Å². The van der Waals surface area contributed by atoms with Crippen LogP contribution in [-0.4, -0.2) is 29.8 Å². The molecule has 0 aliphatic heterocycles. The van der Waals surface area contributed by atoms with E-state index < -0.39 is 5.91 Å². The summed E-state index contributed by atoms with van der Waals surface area (Å²) in [6.07, 6.45) is 1.65. The Bertz CT molecular complexity index is 692. The van der Waals surface area contributed by atoms with Crippen LogP contribution in [0.2, 0.25) is 0 Å². The van der Waals surface area contributed by atoms with Crippen LogP contribution in [0.1, 0.15) is 16.1 Å². The first kappa shape index (κ1) is 16.8. The topological polar surface area (TPSA) is 80.3 Å². The van der Waals surface area contributed by atoms with Crippen LogP contribution in [0.4, 0.5) is 5.69 Å². The second-order valence-corrected chi connectivity index (χ2v) is 4.84. The molecule has 0 bridgehead atoms. The quantitative estimate of drug-likeness (QED) is 0.794. The maximum atomic E-state index is 12.4. The number of halogens is 1. The van der Waals surface area contributed by atoms with Gasteiger partial charge in [-0.3, -0.25) is 14.6 Å². The highest BCUT2D eigenvalue weighted by atomic mass is 35.5. The van der Waals surface area contributed by atoms with Crippen molar-refractivity contribution in [1.29, 1.82) is 0 Å².